The summed E-state index contributed by atoms with van der Waals surface area (Å²) in [6, 6.07) is 15.6. The lowest BCUT2D eigenvalue weighted by Gasteiger charge is -2.16. The molecule has 3 rings (SSSR count). The van der Waals surface area contributed by atoms with Gasteiger partial charge >= 0.3 is 0 Å². The normalized spacial score (nSPS) is 11.3. The Balaban J connectivity index is 1.94. The largest absolute Gasteiger partial charge is 0.507 e. The van der Waals surface area contributed by atoms with Gasteiger partial charge in [0.2, 0.25) is 0 Å². The van der Waals surface area contributed by atoms with Crippen LogP contribution in [0.25, 0.3) is 0 Å². The lowest BCUT2D eigenvalue weighted by molar-refractivity contribution is 0.0997. The maximum atomic E-state index is 13.2. The lowest BCUT2D eigenvalue weighted by atomic mass is 10.1. The Labute approximate surface area is 197 Å². The predicted octanol–water partition coefficient (Wildman–Crippen LogP) is 4.34. The number of halogens is 1. The molecular formula is C23H24ClN3O5S. The monoisotopic (exact) mass is 489 g/mol. The maximum absolute atomic E-state index is 13.2. The Morgan fingerprint density at radius 3 is 2.42 bits per heavy atom. The minimum absolute atomic E-state index is 0.0233. The van der Waals surface area contributed by atoms with E-state index < -0.39 is 21.7 Å². The van der Waals surface area contributed by atoms with Gasteiger partial charge in [-0.1, -0.05) is 23.7 Å². The number of rotatable bonds is 9. The van der Waals surface area contributed by atoms with Crippen molar-refractivity contribution in [3.05, 3.63) is 76.8 Å². The molecule has 3 aromatic carbocycles. The van der Waals surface area contributed by atoms with E-state index in [0.29, 0.717) is 16.5 Å². The fraction of sp³-hybridized carbons (Fsp3) is 0.174. The zero-order valence-electron chi connectivity index (χ0n) is 18.0. The van der Waals surface area contributed by atoms with Crippen molar-refractivity contribution in [2.45, 2.75) is 31.4 Å². The van der Waals surface area contributed by atoms with Crippen LogP contribution >= 0.6 is 11.6 Å². The summed E-state index contributed by atoms with van der Waals surface area (Å²) in [6.07, 6.45) is -0.0233. The number of nitrogens with two attached hydrogens (primary N) is 1. The number of aromatic hydroxyl groups is 1. The standard InChI is InChI=1S/C23H24ClN3O5S/c1-14(2)32-18-8-6-17(7-9-18)27-33(30,31)22-11-19(23(25)29)21(28)12-20(22)26-13-15-4-3-5-16(24)10-15/h3-12,14,26-28H,13H2,1-2H3,(H2,25,29). The van der Waals surface area contributed by atoms with Gasteiger partial charge < -0.3 is 20.9 Å². The minimum Gasteiger partial charge on any atom is -0.507 e. The van der Waals surface area contributed by atoms with E-state index in [1.54, 1.807) is 42.5 Å². The van der Waals surface area contributed by atoms with Gasteiger partial charge in [0.15, 0.2) is 0 Å². The summed E-state index contributed by atoms with van der Waals surface area (Å²) in [4.78, 5) is 11.5. The van der Waals surface area contributed by atoms with E-state index in [0.717, 1.165) is 17.7 Å². The molecule has 0 bridgehead atoms. The average molecular weight is 490 g/mol. The smallest absolute Gasteiger partial charge is 0.263 e. The topological polar surface area (TPSA) is 131 Å². The van der Waals surface area contributed by atoms with E-state index in [1.807, 2.05) is 19.9 Å². The highest BCUT2D eigenvalue weighted by molar-refractivity contribution is 7.92. The van der Waals surface area contributed by atoms with Crippen molar-refractivity contribution in [1.82, 2.24) is 0 Å². The van der Waals surface area contributed by atoms with Crippen molar-refractivity contribution in [1.29, 1.82) is 0 Å². The molecule has 0 heterocycles. The van der Waals surface area contributed by atoms with E-state index in [1.165, 1.54) is 0 Å². The summed E-state index contributed by atoms with van der Waals surface area (Å²) >= 11 is 6.01. The number of carbonyl (C=O) groups is 1. The van der Waals surface area contributed by atoms with Gasteiger partial charge in [0.05, 0.1) is 17.4 Å². The fourth-order valence-electron chi connectivity index (χ4n) is 3.05. The van der Waals surface area contributed by atoms with Crippen LogP contribution in [0.4, 0.5) is 11.4 Å². The predicted molar refractivity (Wildman–Crippen MR) is 128 cm³/mol. The van der Waals surface area contributed by atoms with E-state index in [9.17, 15) is 18.3 Å². The molecule has 10 heteroatoms. The van der Waals surface area contributed by atoms with Crippen molar-refractivity contribution in [2.24, 2.45) is 5.73 Å². The molecule has 5 N–H and O–H groups in total. The Bertz CT molecular complexity index is 1260. The lowest BCUT2D eigenvalue weighted by Crippen LogP contribution is -2.18. The van der Waals surface area contributed by atoms with Gasteiger partial charge in [-0.3, -0.25) is 9.52 Å². The first-order valence-electron chi connectivity index (χ1n) is 10.00. The molecule has 8 nitrogen and oxygen atoms in total. The highest BCUT2D eigenvalue weighted by atomic mass is 35.5. The first-order valence-corrected chi connectivity index (χ1v) is 11.9. The Morgan fingerprint density at radius 2 is 1.82 bits per heavy atom. The third-order valence-electron chi connectivity index (χ3n) is 4.50. The molecule has 33 heavy (non-hydrogen) atoms. The van der Waals surface area contributed by atoms with Crippen LogP contribution in [0.3, 0.4) is 0 Å². The second-order valence-electron chi connectivity index (χ2n) is 7.51. The maximum Gasteiger partial charge on any atom is 0.263 e. The highest BCUT2D eigenvalue weighted by Gasteiger charge is 2.23. The number of carbonyl (C=O) groups excluding carboxylic acids is 1. The summed E-state index contributed by atoms with van der Waals surface area (Å²) in [5.41, 5.74) is 6.16. The highest BCUT2D eigenvalue weighted by Crippen LogP contribution is 2.32. The molecule has 174 valence electrons. The van der Waals surface area contributed by atoms with Gasteiger partial charge in [-0.05, 0) is 61.9 Å². The molecule has 0 saturated heterocycles. The Morgan fingerprint density at radius 1 is 1.12 bits per heavy atom. The van der Waals surface area contributed by atoms with Crippen molar-refractivity contribution in [2.75, 3.05) is 10.0 Å². The quantitative estimate of drug-likeness (QED) is 0.353. The second kappa shape index (κ2) is 10.0. The number of amides is 1. The van der Waals surface area contributed by atoms with E-state index in [-0.39, 0.29) is 28.8 Å². The molecule has 0 fully saturated rings. The molecule has 0 saturated carbocycles. The van der Waals surface area contributed by atoms with Crippen LogP contribution in [-0.2, 0) is 16.6 Å². The second-order valence-corrected chi connectivity index (χ2v) is 9.60. The molecule has 3 aromatic rings. The number of phenols is 1. The molecule has 0 radical (unpaired) electrons. The minimum atomic E-state index is -4.16. The zero-order valence-corrected chi connectivity index (χ0v) is 19.6. The summed E-state index contributed by atoms with van der Waals surface area (Å²) in [5.74, 6) is -0.803. The van der Waals surface area contributed by atoms with Crippen molar-refractivity contribution >= 4 is 38.9 Å². The first kappa shape index (κ1) is 24.2. The summed E-state index contributed by atoms with van der Waals surface area (Å²) in [5, 5.41) is 13.7. The number of benzene rings is 3. The summed E-state index contributed by atoms with van der Waals surface area (Å²) in [6.45, 7) is 3.99. The van der Waals surface area contributed by atoms with E-state index in [2.05, 4.69) is 10.0 Å². The van der Waals surface area contributed by atoms with Gasteiger partial charge in [0.1, 0.15) is 16.4 Å². The first-order chi connectivity index (χ1) is 15.5. The number of hydrogen-bond donors (Lipinski definition) is 4. The van der Waals surface area contributed by atoms with E-state index in [4.69, 9.17) is 22.1 Å². The van der Waals surface area contributed by atoms with Crippen LogP contribution < -0.4 is 20.5 Å². The average Bonchev–Trinajstić information content (AvgIpc) is 2.72. The summed E-state index contributed by atoms with van der Waals surface area (Å²) < 4.78 is 34.4. The van der Waals surface area contributed by atoms with Crippen LogP contribution in [0.1, 0.15) is 29.8 Å². The Hall–Kier alpha value is -3.43. The van der Waals surface area contributed by atoms with Crippen LogP contribution in [0.2, 0.25) is 5.02 Å². The number of hydrogen-bond acceptors (Lipinski definition) is 6. The van der Waals surface area contributed by atoms with Crippen LogP contribution in [0, 0.1) is 0 Å². The molecule has 0 aromatic heterocycles. The Kier molecular flexibility index (Phi) is 7.35. The number of ether oxygens (including phenoxy) is 1. The molecule has 0 aliphatic rings. The molecule has 0 unspecified atom stereocenters. The van der Waals surface area contributed by atoms with Crippen molar-refractivity contribution in [3.63, 3.8) is 0 Å². The van der Waals surface area contributed by atoms with Crippen LogP contribution in [0.15, 0.2) is 65.6 Å². The van der Waals surface area contributed by atoms with Crippen molar-refractivity contribution in [3.8, 4) is 11.5 Å². The SMILES string of the molecule is CC(C)Oc1ccc(NS(=O)(=O)c2cc(C(N)=O)c(O)cc2NCc2cccc(Cl)c2)cc1. The number of sulfonamides is 1. The van der Waals surface area contributed by atoms with E-state index >= 15 is 0 Å². The van der Waals surface area contributed by atoms with Crippen LogP contribution in [0.5, 0.6) is 11.5 Å². The number of nitrogens with one attached hydrogen (secondary N) is 2. The zero-order chi connectivity index (χ0) is 24.2. The van der Waals surface area contributed by atoms with Gasteiger partial charge in [-0.25, -0.2) is 8.42 Å². The number of primary amides is 1. The molecular weight excluding hydrogens is 466 g/mol. The third-order valence-corrected chi connectivity index (χ3v) is 6.16. The molecule has 0 spiro atoms. The van der Waals surface area contributed by atoms with Crippen molar-refractivity contribution < 1.29 is 23.1 Å². The molecule has 1 amide bonds. The van der Waals surface area contributed by atoms with Gasteiger partial charge in [0.25, 0.3) is 15.9 Å². The molecule has 0 aliphatic carbocycles. The van der Waals surface area contributed by atoms with Crippen LogP contribution in [-0.4, -0.2) is 25.5 Å². The molecule has 0 atom stereocenters. The molecule has 0 aliphatic heterocycles. The summed E-state index contributed by atoms with van der Waals surface area (Å²) in [7, 11) is -4.16. The number of anilines is 2. The van der Waals surface area contributed by atoms with Gasteiger partial charge in [-0.15, -0.1) is 0 Å². The third kappa shape index (κ3) is 6.30. The van der Waals surface area contributed by atoms with Gasteiger partial charge in [-0.2, -0.15) is 0 Å². The fourth-order valence-corrected chi connectivity index (χ4v) is 4.52. The van der Waals surface area contributed by atoms with Gasteiger partial charge in [0, 0.05) is 23.3 Å².